The Kier molecular flexibility index (Phi) is 7.62. The third-order valence-electron chi connectivity index (χ3n) is 4.25. The number of carboxylic acid groups (broad SMARTS) is 1. The molecule has 0 bridgehead atoms. The molecule has 1 heterocycles. The second kappa shape index (κ2) is 10.1. The van der Waals surface area contributed by atoms with Crippen LogP contribution >= 0.6 is 0 Å². The monoisotopic (exact) mass is 395 g/mol. The third-order valence-corrected chi connectivity index (χ3v) is 4.25. The molecule has 8 nitrogen and oxygen atoms in total. The molecule has 1 aromatic heterocycles. The number of hydrogen-bond donors (Lipinski definition) is 2. The molecule has 0 saturated carbocycles. The van der Waals surface area contributed by atoms with Crippen LogP contribution in [-0.2, 0) is 18.4 Å². The van der Waals surface area contributed by atoms with Crippen molar-refractivity contribution >= 4 is 18.1 Å². The third kappa shape index (κ3) is 5.73. The zero-order valence-corrected chi connectivity index (χ0v) is 17.0. The molecule has 2 N–H and O–H groups in total. The first-order valence-electron chi connectivity index (χ1n) is 8.94. The number of hydrogen-bond acceptors (Lipinski definition) is 5. The summed E-state index contributed by atoms with van der Waals surface area (Å²) in [6, 6.07) is 13.5. The van der Waals surface area contributed by atoms with E-state index in [9.17, 15) is 4.79 Å². The molecular weight excluding hydrogens is 370 g/mol. The number of carbonyl (C=O) groups excluding carboxylic acids is 1. The van der Waals surface area contributed by atoms with Crippen LogP contribution < -0.4 is 5.32 Å². The highest BCUT2D eigenvalue weighted by Crippen LogP contribution is 2.27. The summed E-state index contributed by atoms with van der Waals surface area (Å²) in [6.45, 7) is 2.57. The van der Waals surface area contributed by atoms with E-state index >= 15 is 0 Å². The SMILES string of the molecule is Cc1c(NC(=O)c2ccc(CN(C)C)cc2)cccc1-c1nncn1C.O=CO. The van der Waals surface area contributed by atoms with Gasteiger partial charge in [0.2, 0.25) is 0 Å². The van der Waals surface area contributed by atoms with E-state index in [1.54, 1.807) is 6.33 Å². The first kappa shape index (κ1) is 21.8. The van der Waals surface area contributed by atoms with Gasteiger partial charge in [0.1, 0.15) is 6.33 Å². The molecule has 152 valence electrons. The fraction of sp³-hybridized carbons (Fsp3) is 0.238. The Labute approximate surface area is 169 Å². The average Bonchev–Trinajstić information content (AvgIpc) is 3.10. The van der Waals surface area contributed by atoms with Gasteiger partial charge in [-0.3, -0.25) is 9.59 Å². The van der Waals surface area contributed by atoms with Crippen LogP contribution in [0.1, 0.15) is 21.5 Å². The summed E-state index contributed by atoms with van der Waals surface area (Å²) in [4.78, 5) is 23.1. The van der Waals surface area contributed by atoms with Gasteiger partial charge in [-0.05, 0) is 50.3 Å². The van der Waals surface area contributed by atoms with Crippen molar-refractivity contribution in [1.29, 1.82) is 0 Å². The van der Waals surface area contributed by atoms with Gasteiger partial charge in [-0.2, -0.15) is 0 Å². The van der Waals surface area contributed by atoms with Crippen LogP contribution in [0.25, 0.3) is 11.4 Å². The fourth-order valence-corrected chi connectivity index (χ4v) is 2.86. The Morgan fingerprint density at radius 2 is 1.86 bits per heavy atom. The zero-order chi connectivity index (χ0) is 21.4. The largest absolute Gasteiger partial charge is 0.483 e. The Morgan fingerprint density at radius 1 is 1.21 bits per heavy atom. The molecule has 3 aromatic rings. The van der Waals surface area contributed by atoms with Crippen LogP contribution in [0.3, 0.4) is 0 Å². The number of anilines is 1. The lowest BCUT2D eigenvalue weighted by atomic mass is 10.1. The first-order valence-corrected chi connectivity index (χ1v) is 8.94. The summed E-state index contributed by atoms with van der Waals surface area (Å²) in [6.07, 6.45) is 1.66. The van der Waals surface area contributed by atoms with Gasteiger partial charge in [-0.25, -0.2) is 0 Å². The molecular formula is C21H25N5O3. The van der Waals surface area contributed by atoms with Crippen LogP contribution in [0, 0.1) is 6.92 Å². The summed E-state index contributed by atoms with van der Waals surface area (Å²) >= 11 is 0. The zero-order valence-electron chi connectivity index (χ0n) is 17.0. The predicted molar refractivity (Wildman–Crippen MR) is 112 cm³/mol. The number of nitrogens with zero attached hydrogens (tertiary/aromatic N) is 4. The standard InChI is InChI=1S/C20H23N5O.CH2O2/c1-14-17(19-23-21-13-25(19)4)6-5-7-18(14)22-20(26)16-10-8-15(9-11-16)12-24(2)3;2-1-3/h5-11,13H,12H2,1-4H3,(H,22,26);1H,(H,2,3). The number of rotatable bonds is 5. The minimum Gasteiger partial charge on any atom is -0.483 e. The molecule has 1 amide bonds. The van der Waals surface area contributed by atoms with E-state index in [1.807, 2.05) is 75.1 Å². The summed E-state index contributed by atoms with van der Waals surface area (Å²) < 4.78 is 1.86. The van der Waals surface area contributed by atoms with Crippen LogP contribution in [0.5, 0.6) is 0 Å². The molecule has 29 heavy (non-hydrogen) atoms. The van der Waals surface area contributed by atoms with Gasteiger partial charge >= 0.3 is 0 Å². The van der Waals surface area contributed by atoms with Crippen LogP contribution in [0.2, 0.25) is 0 Å². The summed E-state index contributed by atoms with van der Waals surface area (Å²) in [7, 11) is 5.94. The van der Waals surface area contributed by atoms with E-state index < -0.39 is 0 Å². The molecule has 0 unspecified atom stereocenters. The Bertz CT molecular complexity index is 965. The number of amides is 1. The van der Waals surface area contributed by atoms with Crippen LogP contribution in [0.4, 0.5) is 5.69 Å². The number of nitrogens with one attached hydrogen (secondary N) is 1. The Morgan fingerprint density at radius 3 is 2.41 bits per heavy atom. The molecule has 0 atom stereocenters. The molecule has 0 radical (unpaired) electrons. The molecule has 0 aliphatic heterocycles. The van der Waals surface area contributed by atoms with E-state index in [0.717, 1.165) is 29.2 Å². The molecule has 2 aromatic carbocycles. The van der Waals surface area contributed by atoms with Gasteiger partial charge in [-0.15, -0.1) is 10.2 Å². The van der Waals surface area contributed by atoms with Crippen molar-refractivity contribution in [2.75, 3.05) is 19.4 Å². The maximum absolute atomic E-state index is 12.6. The van der Waals surface area contributed by atoms with E-state index in [2.05, 4.69) is 20.4 Å². The van der Waals surface area contributed by atoms with Crippen molar-refractivity contribution in [3.05, 3.63) is 65.5 Å². The smallest absolute Gasteiger partial charge is 0.290 e. The first-order chi connectivity index (χ1) is 13.9. The van der Waals surface area contributed by atoms with E-state index in [0.29, 0.717) is 5.56 Å². The van der Waals surface area contributed by atoms with Gasteiger partial charge in [-0.1, -0.05) is 24.3 Å². The molecule has 3 rings (SSSR count). The van der Waals surface area contributed by atoms with Gasteiger partial charge in [0, 0.05) is 30.4 Å². The highest BCUT2D eigenvalue weighted by Gasteiger charge is 2.13. The second-order valence-corrected chi connectivity index (χ2v) is 6.74. The highest BCUT2D eigenvalue weighted by molar-refractivity contribution is 6.05. The van der Waals surface area contributed by atoms with Crippen molar-refractivity contribution in [3.63, 3.8) is 0 Å². The Hall–Kier alpha value is -3.52. The second-order valence-electron chi connectivity index (χ2n) is 6.74. The van der Waals surface area contributed by atoms with Gasteiger partial charge in [0.05, 0.1) is 0 Å². The van der Waals surface area contributed by atoms with Gasteiger partial charge in [0.25, 0.3) is 12.4 Å². The van der Waals surface area contributed by atoms with Crippen LogP contribution in [0.15, 0.2) is 48.8 Å². The molecule has 0 aliphatic rings. The summed E-state index contributed by atoms with van der Waals surface area (Å²) in [5.74, 6) is 0.645. The predicted octanol–water partition coefficient (Wildman–Crippen LogP) is 2.81. The lowest BCUT2D eigenvalue weighted by Crippen LogP contribution is -2.14. The van der Waals surface area contributed by atoms with Crippen molar-refractivity contribution < 1.29 is 14.7 Å². The van der Waals surface area contributed by atoms with Crippen molar-refractivity contribution in [2.45, 2.75) is 13.5 Å². The highest BCUT2D eigenvalue weighted by atomic mass is 16.3. The minimum atomic E-state index is -0.250. The molecule has 0 saturated heterocycles. The maximum Gasteiger partial charge on any atom is 0.290 e. The Balaban J connectivity index is 0.000000941. The summed E-state index contributed by atoms with van der Waals surface area (Å²) in [5.41, 5.74) is 4.49. The van der Waals surface area contributed by atoms with Crippen molar-refractivity contribution in [2.24, 2.45) is 7.05 Å². The van der Waals surface area contributed by atoms with Crippen LogP contribution in [-0.4, -0.2) is 51.2 Å². The van der Waals surface area contributed by atoms with E-state index in [-0.39, 0.29) is 12.4 Å². The summed E-state index contributed by atoms with van der Waals surface area (Å²) in [5, 5.41) is 18.0. The van der Waals surface area contributed by atoms with Crippen molar-refractivity contribution in [1.82, 2.24) is 19.7 Å². The number of aryl methyl sites for hydroxylation is 1. The van der Waals surface area contributed by atoms with E-state index in [1.165, 1.54) is 5.56 Å². The topological polar surface area (TPSA) is 100 Å². The average molecular weight is 395 g/mol. The lowest BCUT2D eigenvalue weighted by molar-refractivity contribution is -0.122. The quantitative estimate of drug-likeness (QED) is 0.645. The van der Waals surface area contributed by atoms with Gasteiger partial charge in [0.15, 0.2) is 5.82 Å². The van der Waals surface area contributed by atoms with Gasteiger partial charge < -0.3 is 19.9 Å². The molecule has 0 fully saturated rings. The van der Waals surface area contributed by atoms with E-state index in [4.69, 9.17) is 9.90 Å². The lowest BCUT2D eigenvalue weighted by Gasteiger charge is -2.13. The maximum atomic E-state index is 12.6. The molecule has 0 spiro atoms. The number of carbonyl (C=O) groups is 2. The normalized spacial score (nSPS) is 10.2. The fourth-order valence-electron chi connectivity index (χ4n) is 2.86. The molecule has 0 aliphatic carbocycles. The number of aromatic nitrogens is 3. The molecule has 8 heteroatoms. The number of benzene rings is 2. The minimum absolute atomic E-state index is 0.125. The van der Waals surface area contributed by atoms with Crippen molar-refractivity contribution in [3.8, 4) is 11.4 Å².